The van der Waals surface area contributed by atoms with Crippen LogP contribution in [0.4, 0.5) is 0 Å². The molecule has 1 unspecified atom stereocenters. The van der Waals surface area contributed by atoms with Gasteiger partial charge in [0.2, 0.25) is 5.82 Å². The minimum Gasteiger partial charge on any atom is -0.449 e. The molecule has 6 nitrogen and oxygen atoms in total. The van der Waals surface area contributed by atoms with Crippen LogP contribution in [0.5, 0.6) is 0 Å². The lowest BCUT2D eigenvalue weighted by molar-refractivity contribution is 0.0265. The molecule has 28 heavy (non-hydrogen) atoms. The second-order valence-corrected chi connectivity index (χ2v) is 7.20. The van der Waals surface area contributed by atoms with E-state index in [1.165, 1.54) is 37.7 Å². The monoisotopic (exact) mass is 377 g/mol. The van der Waals surface area contributed by atoms with Crippen LogP contribution in [0.25, 0.3) is 11.4 Å². The lowest BCUT2D eigenvalue weighted by Gasteiger charge is -2.22. The maximum absolute atomic E-state index is 12.5. The Kier molecular flexibility index (Phi) is 5.46. The van der Waals surface area contributed by atoms with Gasteiger partial charge in [-0.1, -0.05) is 36.6 Å². The summed E-state index contributed by atoms with van der Waals surface area (Å²) in [4.78, 5) is 20.8. The van der Waals surface area contributed by atoms with Gasteiger partial charge in [0.25, 0.3) is 5.89 Å². The highest BCUT2D eigenvalue weighted by molar-refractivity contribution is 5.89. The van der Waals surface area contributed by atoms with Gasteiger partial charge in [0.15, 0.2) is 6.10 Å². The predicted octanol–water partition coefficient (Wildman–Crippen LogP) is 5.10. The van der Waals surface area contributed by atoms with Gasteiger partial charge in [-0.15, -0.1) is 0 Å². The number of hydrogen-bond donors (Lipinski definition) is 0. The van der Waals surface area contributed by atoms with E-state index in [1.54, 1.807) is 25.4 Å². The zero-order valence-electron chi connectivity index (χ0n) is 15.9. The number of esters is 1. The van der Waals surface area contributed by atoms with Gasteiger partial charge in [0.05, 0.1) is 5.56 Å². The second-order valence-electron chi connectivity index (χ2n) is 7.20. The molecular weight excluding hydrogens is 354 g/mol. The molecule has 144 valence electrons. The summed E-state index contributed by atoms with van der Waals surface area (Å²) in [5, 5.41) is 3.93. The van der Waals surface area contributed by atoms with Crippen LogP contribution in [0.1, 0.15) is 72.9 Å². The van der Waals surface area contributed by atoms with Crippen LogP contribution in [0.15, 0.2) is 53.3 Å². The Morgan fingerprint density at radius 2 is 1.93 bits per heavy atom. The number of pyridine rings is 1. The van der Waals surface area contributed by atoms with Crippen LogP contribution in [0.2, 0.25) is 0 Å². The average Bonchev–Trinajstić information content (AvgIpc) is 3.26. The molecule has 1 aliphatic carbocycles. The molecule has 1 atom stereocenters. The van der Waals surface area contributed by atoms with Crippen molar-refractivity contribution in [3.63, 3.8) is 0 Å². The van der Waals surface area contributed by atoms with Gasteiger partial charge in [0, 0.05) is 18.0 Å². The number of carbonyl (C=O) groups is 1. The third-order valence-corrected chi connectivity index (χ3v) is 5.22. The van der Waals surface area contributed by atoms with Crippen molar-refractivity contribution in [2.45, 2.75) is 51.0 Å². The summed E-state index contributed by atoms with van der Waals surface area (Å²) in [6.07, 6.45) is 9.07. The molecule has 1 aromatic carbocycles. The van der Waals surface area contributed by atoms with Gasteiger partial charge in [0.1, 0.15) is 0 Å². The first-order chi connectivity index (χ1) is 13.7. The second kappa shape index (κ2) is 8.33. The molecule has 0 amide bonds. The SMILES string of the molecule is CC(OC(=O)c1ccc(C2CCCCC2)cc1)c1nc(-c2cccnc2)no1. The summed E-state index contributed by atoms with van der Waals surface area (Å²) in [6.45, 7) is 1.72. The average molecular weight is 377 g/mol. The first-order valence-corrected chi connectivity index (χ1v) is 9.75. The van der Waals surface area contributed by atoms with Crippen LogP contribution >= 0.6 is 0 Å². The molecule has 2 heterocycles. The van der Waals surface area contributed by atoms with Crippen molar-refractivity contribution in [1.29, 1.82) is 0 Å². The molecule has 0 aliphatic heterocycles. The van der Waals surface area contributed by atoms with Crippen LogP contribution in [0.3, 0.4) is 0 Å². The molecular formula is C22H23N3O3. The Morgan fingerprint density at radius 3 is 2.64 bits per heavy atom. The third kappa shape index (κ3) is 4.11. The van der Waals surface area contributed by atoms with Crippen LogP contribution < -0.4 is 0 Å². The van der Waals surface area contributed by atoms with E-state index >= 15 is 0 Å². The van der Waals surface area contributed by atoms with E-state index in [0.29, 0.717) is 17.3 Å². The topological polar surface area (TPSA) is 78.1 Å². The van der Waals surface area contributed by atoms with Crippen molar-refractivity contribution >= 4 is 5.97 Å². The minimum absolute atomic E-state index is 0.256. The fourth-order valence-corrected chi connectivity index (χ4v) is 3.62. The summed E-state index contributed by atoms with van der Waals surface area (Å²) in [5.74, 6) is 0.889. The molecule has 4 rings (SSSR count). The van der Waals surface area contributed by atoms with E-state index in [1.807, 2.05) is 30.3 Å². The normalized spacial score (nSPS) is 15.9. The van der Waals surface area contributed by atoms with Gasteiger partial charge in [-0.25, -0.2) is 4.79 Å². The minimum atomic E-state index is -0.636. The van der Waals surface area contributed by atoms with Crippen LogP contribution in [0, 0.1) is 0 Å². The molecule has 0 bridgehead atoms. The molecule has 3 aromatic rings. The van der Waals surface area contributed by atoms with Crippen molar-refractivity contribution < 1.29 is 14.1 Å². The first kappa shape index (κ1) is 18.3. The number of hydrogen-bond acceptors (Lipinski definition) is 6. The largest absolute Gasteiger partial charge is 0.449 e. The summed E-state index contributed by atoms with van der Waals surface area (Å²) >= 11 is 0. The summed E-state index contributed by atoms with van der Waals surface area (Å²) in [6, 6.07) is 11.4. The van der Waals surface area contributed by atoms with E-state index in [-0.39, 0.29) is 5.89 Å². The van der Waals surface area contributed by atoms with Gasteiger partial charge >= 0.3 is 5.97 Å². The number of ether oxygens (including phenoxy) is 1. The van der Waals surface area contributed by atoms with Crippen molar-refractivity contribution in [3.05, 3.63) is 65.8 Å². The van der Waals surface area contributed by atoms with Crippen molar-refractivity contribution in [2.24, 2.45) is 0 Å². The number of nitrogens with zero attached hydrogens (tertiary/aromatic N) is 3. The molecule has 0 saturated heterocycles. The molecule has 1 fully saturated rings. The first-order valence-electron chi connectivity index (χ1n) is 9.75. The number of benzene rings is 1. The standard InChI is InChI=1S/C22H23N3O3/c1-15(21-24-20(25-28-21)19-8-5-13-23-14-19)27-22(26)18-11-9-17(10-12-18)16-6-3-2-4-7-16/h5,8-16H,2-4,6-7H2,1H3. The Bertz CT molecular complexity index is 916. The molecule has 2 aromatic heterocycles. The quantitative estimate of drug-likeness (QED) is 0.576. The lowest BCUT2D eigenvalue weighted by atomic mass is 9.84. The maximum atomic E-state index is 12.5. The zero-order valence-corrected chi connectivity index (χ0v) is 15.9. The van der Waals surface area contributed by atoms with Gasteiger partial charge < -0.3 is 9.26 Å². The summed E-state index contributed by atoms with van der Waals surface area (Å²) in [7, 11) is 0. The highest BCUT2D eigenvalue weighted by Gasteiger charge is 2.21. The summed E-state index contributed by atoms with van der Waals surface area (Å²) < 4.78 is 10.8. The fourth-order valence-electron chi connectivity index (χ4n) is 3.62. The van der Waals surface area contributed by atoms with Gasteiger partial charge in [-0.05, 0) is 55.5 Å². The highest BCUT2D eigenvalue weighted by Crippen LogP contribution is 2.32. The van der Waals surface area contributed by atoms with E-state index in [4.69, 9.17) is 9.26 Å². The van der Waals surface area contributed by atoms with Crippen LogP contribution in [-0.4, -0.2) is 21.1 Å². The zero-order chi connectivity index (χ0) is 19.3. The molecule has 1 aliphatic rings. The Labute approximate surface area is 164 Å². The highest BCUT2D eigenvalue weighted by atomic mass is 16.6. The Morgan fingerprint density at radius 1 is 1.14 bits per heavy atom. The van der Waals surface area contributed by atoms with E-state index < -0.39 is 12.1 Å². The van der Waals surface area contributed by atoms with Crippen molar-refractivity contribution in [3.8, 4) is 11.4 Å². The lowest BCUT2D eigenvalue weighted by Crippen LogP contribution is -2.10. The summed E-state index contributed by atoms with van der Waals surface area (Å²) in [5.41, 5.74) is 2.58. The van der Waals surface area contributed by atoms with E-state index in [2.05, 4.69) is 15.1 Å². The van der Waals surface area contributed by atoms with Crippen LogP contribution in [-0.2, 0) is 4.74 Å². The van der Waals surface area contributed by atoms with E-state index in [0.717, 1.165) is 5.56 Å². The van der Waals surface area contributed by atoms with Gasteiger partial charge in [-0.2, -0.15) is 4.98 Å². The smallest absolute Gasteiger partial charge is 0.338 e. The van der Waals surface area contributed by atoms with Crippen molar-refractivity contribution in [1.82, 2.24) is 15.1 Å². The third-order valence-electron chi connectivity index (χ3n) is 5.22. The number of carbonyl (C=O) groups excluding carboxylic acids is 1. The van der Waals surface area contributed by atoms with E-state index in [9.17, 15) is 4.79 Å². The Hall–Kier alpha value is -3.02. The molecule has 1 saturated carbocycles. The van der Waals surface area contributed by atoms with Gasteiger partial charge in [-0.3, -0.25) is 4.98 Å². The molecule has 0 spiro atoms. The molecule has 6 heteroatoms. The van der Waals surface area contributed by atoms with Crippen molar-refractivity contribution in [2.75, 3.05) is 0 Å². The fraction of sp³-hybridized carbons (Fsp3) is 0.364. The molecule has 0 N–H and O–H groups in total. The maximum Gasteiger partial charge on any atom is 0.338 e. The number of rotatable bonds is 5. The number of aromatic nitrogens is 3. The predicted molar refractivity (Wildman–Crippen MR) is 104 cm³/mol. The Balaban J connectivity index is 1.40. The molecule has 0 radical (unpaired) electrons.